The molecule has 0 aliphatic carbocycles. The molecule has 9 N–H and O–H groups in total. The molecule has 0 amide bonds. The highest BCUT2D eigenvalue weighted by Gasteiger charge is 2.45. The number of anilines is 1. The zero-order chi connectivity index (χ0) is 54.5. The van der Waals surface area contributed by atoms with E-state index in [9.17, 15) is 58.8 Å². The second-order valence-electron chi connectivity index (χ2n) is 20.0. The number of aliphatic hydroxyl groups excluding tert-OH is 5. The van der Waals surface area contributed by atoms with E-state index in [2.05, 4.69) is 23.1 Å². The van der Waals surface area contributed by atoms with Crippen molar-refractivity contribution in [1.82, 2.24) is 9.55 Å². The van der Waals surface area contributed by atoms with Crippen LogP contribution in [0.15, 0.2) is 41.4 Å². The van der Waals surface area contributed by atoms with Gasteiger partial charge in [0.2, 0.25) is 0 Å². The van der Waals surface area contributed by atoms with Gasteiger partial charge in [-0.1, -0.05) is 161 Å². The summed E-state index contributed by atoms with van der Waals surface area (Å²) in [6.07, 6.45) is 13.1. The molecule has 3 rings (SSSR count). The minimum atomic E-state index is -5.70. The van der Waals surface area contributed by atoms with Crippen LogP contribution in [0.1, 0.15) is 181 Å². The number of carbonyl (C=O) groups is 2. The monoisotopic (exact) mass is 1090 g/mol. The molecule has 3 unspecified atom stereocenters. The number of nitrogens with zero attached hydrogens (tertiary/aromatic N) is 2. The first-order valence-corrected chi connectivity index (χ1v) is 30.0. The lowest BCUT2D eigenvalue weighted by Crippen LogP contribution is -2.52. The van der Waals surface area contributed by atoms with Crippen molar-refractivity contribution in [2.75, 3.05) is 25.6 Å². The number of aliphatic hydroxyl groups is 5. The van der Waals surface area contributed by atoms with Gasteiger partial charge in [0.25, 0.3) is 0 Å². The van der Waals surface area contributed by atoms with Crippen LogP contribution in [-0.2, 0) is 46.3 Å². The quantitative estimate of drug-likeness (QED) is 0.0191. The third kappa shape index (κ3) is 26.0. The summed E-state index contributed by atoms with van der Waals surface area (Å²) in [6.45, 7) is 3.77. The zero-order valence-electron chi connectivity index (χ0n) is 43.9. The van der Waals surface area contributed by atoms with Gasteiger partial charge in [0.15, 0.2) is 6.10 Å². The minimum Gasteiger partial charge on any atom is -0.461 e. The fraction of sp³-hybridized carbons (Fsp3) is 0.804. The molecule has 23 heteroatoms. The Morgan fingerprint density at radius 2 is 1.42 bits per heavy atom. The highest BCUT2D eigenvalue weighted by atomic mass is 31.3. The molecule has 0 radical (unpaired) electrons. The van der Waals surface area contributed by atoms with Gasteiger partial charge in [-0.05, 0) is 31.2 Å². The summed E-state index contributed by atoms with van der Waals surface area (Å²) in [7, 11) is -11.3. The predicted octanol–water partition coefficient (Wildman–Crippen LogP) is 7.63. The number of hydrogen-bond acceptors (Lipinski definition) is 18. The van der Waals surface area contributed by atoms with Crippen molar-refractivity contribution in [1.29, 1.82) is 0 Å². The van der Waals surface area contributed by atoms with Crippen LogP contribution in [0.3, 0.4) is 0 Å². The maximum absolute atomic E-state index is 13.3. The van der Waals surface area contributed by atoms with E-state index in [0.717, 1.165) is 61.6 Å². The van der Waals surface area contributed by atoms with Crippen LogP contribution in [0, 0.1) is 17.8 Å². The van der Waals surface area contributed by atoms with E-state index in [1.807, 2.05) is 6.92 Å². The van der Waals surface area contributed by atoms with Crippen LogP contribution < -0.4 is 11.4 Å². The number of aromatic nitrogens is 2. The Bertz CT molecular complexity index is 1980. The van der Waals surface area contributed by atoms with Crippen molar-refractivity contribution in [3.63, 3.8) is 0 Å². The van der Waals surface area contributed by atoms with Gasteiger partial charge in [-0.25, -0.2) is 13.9 Å². The van der Waals surface area contributed by atoms with E-state index < -0.39 is 120 Å². The van der Waals surface area contributed by atoms with Crippen molar-refractivity contribution < 1.29 is 81.6 Å². The van der Waals surface area contributed by atoms with Crippen LogP contribution in [0.25, 0.3) is 0 Å². The Kier molecular flexibility index (Phi) is 31.4. The van der Waals surface area contributed by atoms with Crippen LogP contribution >= 0.6 is 15.6 Å². The van der Waals surface area contributed by atoms with Gasteiger partial charge in [0, 0.05) is 30.9 Å². The first kappa shape index (κ1) is 65.4. The molecule has 1 fully saturated rings. The maximum Gasteiger partial charge on any atom is 0.481 e. The van der Waals surface area contributed by atoms with Crippen molar-refractivity contribution in [3.05, 3.63) is 47.1 Å². The summed E-state index contributed by atoms with van der Waals surface area (Å²) in [6, 6.07) is 1.22. The van der Waals surface area contributed by atoms with Gasteiger partial charge in [0.05, 0.1) is 44.1 Å². The number of esters is 2. The normalized spacial score (nSPS) is 30.4. The Hall–Kier alpha value is -2.88. The Labute approximate surface area is 437 Å². The van der Waals surface area contributed by atoms with E-state index in [4.69, 9.17) is 29.0 Å². The summed E-state index contributed by atoms with van der Waals surface area (Å²) < 4.78 is 58.8. The number of phosphoric acid groups is 2. The molecule has 2 aliphatic rings. The molecule has 0 saturated carbocycles. The number of allylic oxidation sites excluding steroid dienone is 1. The highest BCUT2D eigenvalue weighted by Crippen LogP contribution is 2.60. The third-order valence-electron chi connectivity index (χ3n) is 13.7. The number of unbranched alkanes of at least 4 members (excludes halogenated alkanes) is 15. The van der Waals surface area contributed by atoms with Gasteiger partial charge in [0.1, 0.15) is 30.9 Å². The van der Waals surface area contributed by atoms with Gasteiger partial charge in [-0.3, -0.25) is 23.2 Å². The van der Waals surface area contributed by atoms with Crippen LogP contribution in [-0.4, -0.2) is 119 Å². The van der Waals surface area contributed by atoms with Crippen LogP contribution in [0.2, 0.25) is 0 Å². The summed E-state index contributed by atoms with van der Waals surface area (Å²) in [5.74, 6) is -3.59. The Morgan fingerprint density at radius 3 is 2.03 bits per heavy atom. The number of cyclic esters (lactones) is 1. The molecule has 1 aromatic rings. The summed E-state index contributed by atoms with van der Waals surface area (Å²) in [4.78, 5) is 64.3. The molecular weight excluding hydrogens is 1000 g/mol. The molecule has 13 atom stereocenters. The topological polar surface area (TPSA) is 326 Å². The van der Waals surface area contributed by atoms with Gasteiger partial charge >= 0.3 is 33.3 Å². The molecule has 21 nitrogen and oxygen atoms in total. The minimum absolute atomic E-state index is 0.0107. The van der Waals surface area contributed by atoms with Crippen molar-refractivity contribution in [2.24, 2.45) is 17.8 Å². The number of hydrogen-bond donors (Lipinski definition) is 8. The number of phosphoric ester groups is 2. The molecule has 1 saturated heterocycles. The smallest absolute Gasteiger partial charge is 0.461 e. The largest absolute Gasteiger partial charge is 0.481 e. The van der Waals surface area contributed by atoms with Crippen molar-refractivity contribution in [2.45, 2.75) is 224 Å². The average Bonchev–Trinajstić information content (AvgIpc) is 3.34. The molecule has 1 aromatic heterocycles. The summed E-state index contributed by atoms with van der Waals surface area (Å²) >= 11 is 0. The lowest BCUT2D eigenvalue weighted by molar-refractivity contribution is -0.194. The fourth-order valence-corrected chi connectivity index (χ4v) is 11.1. The SMILES string of the molecule is CCCCC[C@@H](O)/C=C\[C@@H]1[C@H](O)[C@H](O)[C@H]2COP(=O)(O)OP(=O)(O)OC[C@H](OC(=O)CCCCCCCCCCCCCCCCC(C)CC)COC(=O)C/C=C\C[C@@H]([C@H](n3ccc(N)nc3=O)O2)[C@@H](O)C[C@H]1O. The first-order chi connectivity index (χ1) is 35.3. The summed E-state index contributed by atoms with van der Waals surface area (Å²) in [5, 5.41) is 57.3. The predicted molar refractivity (Wildman–Crippen MR) is 277 cm³/mol. The Balaban J connectivity index is 1.72. The molecule has 2 bridgehead atoms. The van der Waals surface area contributed by atoms with Gasteiger partial charge in [-0.15, -0.1) is 0 Å². The number of rotatable bonds is 26. The second-order valence-corrected chi connectivity index (χ2v) is 23.0. The molecule has 0 spiro atoms. The number of nitrogen functional groups attached to an aromatic ring is 1. The number of fused-ring (bicyclic) bond motifs is 3. The van der Waals surface area contributed by atoms with E-state index in [0.29, 0.717) is 19.3 Å². The number of carbonyl (C=O) groups excluding carboxylic acids is 2. The fourth-order valence-electron chi connectivity index (χ4n) is 8.96. The van der Waals surface area contributed by atoms with Gasteiger partial charge < -0.3 is 55.3 Å². The van der Waals surface area contributed by atoms with Crippen LogP contribution in [0.4, 0.5) is 5.82 Å². The van der Waals surface area contributed by atoms with Crippen molar-refractivity contribution >= 4 is 33.4 Å². The molecule has 426 valence electrons. The van der Waals surface area contributed by atoms with E-state index in [-0.39, 0.29) is 25.1 Å². The summed E-state index contributed by atoms with van der Waals surface area (Å²) in [5.41, 5.74) is 4.74. The molecule has 0 aromatic carbocycles. The third-order valence-corrected chi connectivity index (χ3v) is 16.3. The second kappa shape index (κ2) is 35.5. The zero-order valence-corrected chi connectivity index (χ0v) is 45.7. The number of ether oxygens (including phenoxy) is 3. The molecule has 2 aliphatic heterocycles. The molecule has 74 heavy (non-hydrogen) atoms. The van der Waals surface area contributed by atoms with E-state index in [1.165, 1.54) is 94.6 Å². The lowest BCUT2D eigenvalue weighted by atomic mass is 9.82. The van der Waals surface area contributed by atoms with E-state index in [1.54, 1.807) is 0 Å². The average molecular weight is 1090 g/mol. The highest BCUT2D eigenvalue weighted by molar-refractivity contribution is 7.61. The first-order valence-electron chi connectivity index (χ1n) is 27.0. The van der Waals surface area contributed by atoms with Crippen molar-refractivity contribution in [3.8, 4) is 0 Å². The molecule has 3 heterocycles. The van der Waals surface area contributed by atoms with E-state index >= 15 is 0 Å². The standard InChI is InChI=1S/C51H89N3O18P2/c1-4-6-19-25-38(55)29-30-40-42(56)33-43(57)41-26-22-23-27-46(58)67-34-39(70-47(59)28-21-18-16-14-12-10-8-7-9-11-13-15-17-20-24-37(3)5-2)35-68-73(63,64)72-74(65,66)69-36-44(49(61)48(40)60)71-50(41)54-32-31-45(52)53-51(54)62/h22-23,29-32,37-44,48-50,55-57,60-61H,4-21,24-28,33-36H2,1-3H3,(H,63,64)(H,65,66)(H2,52,53,62)/b23-22-,30-29-/t37?,38-,39-,40+,41-,42-,43+,44-,48+,49-,50-/m1/s1. The Morgan fingerprint density at radius 1 is 0.824 bits per heavy atom. The van der Waals surface area contributed by atoms with Crippen LogP contribution in [0.5, 0.6) is 0 Å². The van der Waals surface area contributed by atoms with Gasteiger partial charge in [-0.2, -0.15) is 9.29 Å². The maximum atomic E-state index is 13.3. The molecular formula is C51H89N3O18P2. The number of nitrogens with two attached hydrogens (primary N) is 1. The lowest BCUT2D eigenvalue weighted by Gasteiger charge is -2.40.